The molecule has 0 aromatic carbocycles. The molecule has 1 saturated heterocycles. The van der Waals surface area contributed by atoms with E-state index >= 15 is 0 Å². The molecule has 1 aliphatic heterocycles. The normalized spacial score (nSPS) is 24.3. The first-order valence-corrected chi connectivity index (χ1v) is 5.21. The number of nitrogens with zero attached hydrogens (tertiary/aromatic N) is 2. The number of anilines is 1. The molecule has 6 heteroatoms. The molecule has 1 aromatic heterocycles. The molecule has 1 aromatic rings. The Morgan fingerprint density at radius 2 is 2.25 bits per heavy atom. The monoisotopic (exact) mass is 222 g/mol. The van der Waals surface area contributed by atoms with E-state index < -0.39 is 6.10 Å². The third-order valence-corrected chi connectivity index (χ3v) is 2.49. The van der Waals surface area contributed by atoms with Crippen molar-refractivity contribution >= 4 is 11.6 Å². The SMILES string of the molecule is NCC1CCC(C(=O)Nc2cncnc2)O1. The molecule has 3 N–H and O–H groups in total. The number of rotatable bonds is 3. The molecule has 2 heterocycles. The first-order valence-electron chi connectivity index (χ1n) is 5.21. The maximum absolute atomic E-state index is 11.7. The van der Waals surface area contributed by atoms with E-state index in [2.05, 4.69) is 15.3 Å². The molecule has 0 spiro atoms. The van der Waals surface area contributed by atoms with Crippen LogP contribution in [0.4, 0.5) is 5.69 Å². The summed E-state index contributed by atoms with van der Waals surface area (Å²) < 4.78 is 5.47. The summed E-state index contributed by atoms with van der Waals surface area (Å²) in [5.41, 5.74) is 6.05. The lowest BCUT2D eigenvalue weighted by Gasteiger charge is -2.12. The summed E-state index contributed by atoms with van der Waals surface area (Å²) in [4.78, 5) is 19.4. The summed E-state index contributed by atoms with van der Waals surface area (Å²) in [6.07, 6.45) is 5.63. The molecule has 1 fully saturated rings. The van der Waals surface area contributed by atoms with Crippen molar-refractivity contribution in [2.24, 2.45) is 5.73 Å². The quantitative estimate of drug-likeness (QED) is 0.746. The number of hydrogen-bond acceptors (Lipinski definition) is 5. The zero-order chi connectivity index (χ0) is 11.4. The molecule has 6 nitrogen and oxygen atoms in total. The maximum Gasteiger partial charge on any atom is 0.253 e. The second-order valence-corrected chi connectivity index (χ2v) is 3.68. The van der Waals surface area contributed by atoms with Crippen LogP contribution in [0, 0.1) is 0 Å². The van der Waals surface area contributed by atoms with Gasteiger partial charge in [0.25, 0.3) is 5.91 Å². The Balaban J connectivity index is 1.90. The van der Waals surface area contributed by atoms with E-state index in [0.29, 0.717) is 18.7 Å². The first kappa shape index (κ1) is 11.0. The summed E-state index contributed by atoms with van der Waals surface area (Å²) in [5, 5.41) is 2.70. The highest BCUT2D eigenvalue weighted by molar-refractivity contribution is 5.94. The average Bonchev–Trinajstić information content (AvgIpc) is 2.79. The van der Waals surface area contributed by atoms with E-state index in [9.17, 15) is 4.79 Å². The van der Waals surface area contributed by atoms with E-state index in [1.165, 1.54) is 6.33 Å². The van der Waals surface area contributed by atoms with Gasteiger partial charge >= 0.3 is 0 Å². The molecule has 1 aliphatic rings. The highest BCUT2D eigenvalue weighted by Crippen LogP contribution is 2.20. The predicted molar refractivity (Wildman–Crippen MR) is 57.6 cm³/mol. The van der Waals surface area contributed by atoms with Gasteiger partial charge in [0, 0.05) is 6.54 Å². The third-order valence-electron chi connectivity index (χ3n) is 2.49. The minimum atomic E-state index is -0.409. The van der Waals surface area contributed by atoms with Crippen LogP contribution in [0.3, 0.4) is 0 Å². The van der Waals surface area contributed by atoms with Gasteiger partial charge in [0.05, 0.1) is 24.2 Å². The Morgan fingerprint density at radius 3 is 2.88 bits per heavy atom. The number of ether oxygens (including phenoxy) is 1. The van der Waals surface area contributed by atoms with Crippen molar-refractivity contribution in [1.82, 2.24) is 9.97 Å². The lowest BCUT2D eigenvalue weighted by Crippen LogP contribution is -2.29. The van der Waals surface area contributed by atoms with Crippen LogP contribution in [0.1, 0.15) is 12.8 Å². The van der Waals surface area contributed by atoms with Crippen molar-refractivity contribution in [2.75, 3.05) is 11.9 Å². The molecule has 0 bridgehead atoms. The van der Waals surface area contributed by atoms with E-state index in [1.807, 2.05) is 0 Å². The van der Waals surface area contributed by atoms with Gasteiger partial charge in [-0.05, 0) is 12.8 Å². The fourth-order valence-corrected chi connectivity index (χ4v) is 1.66. The molecule has 2 rings (SSSR count). The Morgan fingerprint density at radius 1 is 1.50 bits per heavy atom. The lowest BCUT2D eigenvalue weighted by atomic mass is 10.2. The van der Waals surface area contributed by atoms with Crippen LogP contribution in [0.15, 0.2) is 18.7 Å². The van der Waals surface area contributed by atoms with E-state index in [0.717, 1.165) is 6.42 Å². The topological polar surface area (TPSA) is 90.1 Å². The number of nitrogens with two attached hydrogens (primary N) is 1. The van der Waals surface area contributed by atoms with Gasteiger partial charge in [-0.2, -0.15) is 0 Å². The zero-order valence-corrected chi connectivity index (χ0v) is 8.80. The largest absolute Gasteiger partial charge is 0.364 e. The summed E-state index contributed by atoms with van der Waals surface area (Å²) in [7, 11) is 0. The van der Waals surface area contributed by atoms with E-state index in [4.69, 9.17) is 10.5 Å². The molecule has 16 heavy (non-hydrogen) atoms. The Bertz CT molecular complexity index is 357. The zero-order valence-electron chi connectivity index (χ0n) is 8.80. The molecule has 0 aliphatic carbocycles. The molecule has 1 amide bonds. The van der Waals surface area contributed by atoms with Gasteiger partial charge in [-0.15, -0.1) is 0 Å². The highest BCUT2D eigenvalue weighted by atomic mass is 16.5. The van der Waals surface area contributed by atoms with Crippen molar-refractivity contribution in [2.45, 2.75) is 25.0 Å². The number of amides is 1. The van der Waals surface area contributed by atoms with Gasteiger partial charge in [-0.3, -0.25) is 4.79 Å². The number of carbonyl (C=O) groups is 1. The van der Waals surface area contributed by atoms with E-state index in [-0.39, 0.29) is 12.0 Å². The number of aromatic nitrogens is 2. The Kier molecular flexibility index (Phi) is 3.43. The summed E-state index contributed by atoms with van der Waals surface area (Å²) in [6.45, 7) is 0.457. The predicted octanol–water partition coefficient (Wildman–Crippen LogP) is -0.0786. The highest BCUT2D eigenvalue weighted by Gasteiger charge is 2.29. The van der Waals surface area contributed by atoms with Crippen molar-refractivity contribution in [3.63, 3.8) is 0 Å². The Labute approximate surface area is 93.2 Å². The smallest absolute Gasteiger partial charge is 0.253 e. The number of carbonyl (C=O) groups excluding carboxylic acids is 1. The van der Waals surface area contributed by atoms with Crippen LogP contribution < -0.4 is 11.1 Å². The fraction of sp³-hybridized carbons (Fsp3) is 0.500. The molecule has 0 radical (unpaired) electrons. The van der Waals surface area contributed by atoms with Gasteiger partial charge in [0.2, 0.25) is 0 Å². The van der Waals surface area contributed by atoms with E-state index in [1.54, 1.807) is 12.4 Å². The minimum absolute atomic E-state index is 0.00257. The van der Waals surface area contributed by atoms with Gasteiger partial charge in [0.1, 0.15) is 12.4 Å². The standard InChI is InChI=1S/C10H14N4O2/c11-3-8-1-2-9(16-8)10(15)14-7-4-12-6-13-5-7/h4-6,8-9H,1-3,11H2,(H,14,15). The molecule has 0 saturated carbocycles. The van der Waals surface area contributed by atoms with Crippen LogP contribution in [-0.2, 0) is 9.53 Å². The van der Waals surface area contributed by atoms with Crippen molar-refractivity contribution < 1.29 is 9.53 Å². The number of nitrogens with one attached hydrogen (secondary N) is 1. The number of hydrogen-bond donors (Lipinski definition) is 2. The third kappa shape index (κ3) is 2.53. The Hall–Kier alpha value is -1.53. The summed E-state index contributed by atoms with van der Waals surface area (Å²) >= 11 is 0. The van der Waals surface area contributed by atoms with Crippen LogP contribution in [0.2, 0.25) is 0 Å². The van der Waals surface area contributed by atoms with Crippen molar-refractivity contribution in [1.29, 1.82) is 0 Å². The van der Waals surface area contributed by atoms with Crippen molar-refractivity contribution in [3.05, 3.63) is 18.7 Å². The molecule has 2 atom stereocenters. The molecular formula is C10H14N4O2. The van der Waals surface area contributed by atoms with Crippen LogP contribution in [0.5, 0.6) is 0 Å². The van der Waals surface area contributed by atoms with Gasteiger partial charge in [-0.25, -0.2) is 9.97 Å². The van der Waals surface area contributed by atoms with Gasteiger partial charge < -0.3 is 15.8 Å². The van der Waals surface area contributed by atoms with Crippen molar-refractivity contribution in [3.8, 4) is 0 Å². The van der Waals surface area contributed by atoms with Crippen LogP contribution in [-0.4, -0.2) is 34.6 Å². The second-order valence-electron chi connectivity index (χ2n) is 3.68. The molecular weight excluding hydrogens is 208 g/mol. The average molecular weight is 222 g/mol. The van der Waals surface area contributed by atoms with Gasteiger partial charge in [-0.1, -0.05) is 0 Å². The maximum atomic E-state index is 11.7. The lowest BCUT2D eigenvalue weighted by molar-refractivity contribution is -0.126. The van der Waals surface area contributed by atoms with Gasteiger partial charge in [0.15, 0.2) is 0 Å². The fourth-order valence-electron chi connectivity index (χ4n) is 1.66. The van der Waals surface area contributed by atoms with Crippen LogP contribution in [0.25, 0.3) is 0 Å². The first-order chi connectivity index (χ1) is 7.79. The minimum Gasteiger partial charge on any atom is -0.364 e. The summed E-state index contributed by atoms with van der Waals surface area (Å²) in [6, 6.07) is 0. The second kappa shape index (κ2) is 5.00. The molecule has 2 unspecified atom stereocenters. The summed E-state index contributed by atoms with van der Waals surface area (Å²) in [5.74, 6) is -0.161. The van der Waals surface area contributed by atoms with Crippen LogP contribution >= 0.6 is 0 Å². The molecule has 86 valence electrons.